The highest BCUT2D eigenvalue weighted by Gasteiger charge is 2.12. The van der Waals surface area contributed by atoms with Crippen LogP contribution in [0.15, 0.2) is 24.3 Å². The van der Waals surface area contributed by atoms with Crippen LogP contribution in [0.2, 0.25) is 0 Å². The predicted molar refractivity (Wildman–Crippen MR) is 83.4 cm³/mol. The van der Waals surface area contributed by atoms with Crippen LogP contribution < -0.4 is 10.1 Å². The Morgan fingerprint density at radius 3 is 2.33 bits per heavy atom. The minimum Gasteiger partial charge on any atom is -0.491 e. The second-order valence-corrected chi connectivity index (χ2v) is 5.18. The van der Waals surface area contributed by atoms with Crippen molar-refractivity contribution >= 4 is 17.5 Å². The maximum absolute atomic E-state index is 11.9. The van der Waals surface area contributed by atoms with E-state index in [2.05, 4.69) is 5.32 Å². The number of carbonyl (C=O) groups is 2. The number of amides is 2. The van der Waals surface area contributed by atoms with Gasteiger partial charge < -0.3 is 15.0 Å². The summed E-state index contributed by atoms with van der Waals surface area (Å²) in [5.41, 5.74) is 0.691. The first-order valence-electron chi connectivity index (χ1n) is 7.24. The molecule has 21 heavy (non-hydrogen) atoms. The fraction of sp³-hybridized carbons (Fsp3) is 0.500. The largest absolute Gasteiger partial charge is 0.491 e. The number of ether oxygens (including phenoxy) is 1. The molecule has 2 amide bonds. The maximum atomic E-state index is 11.9. The molecule has 0 aliphatic carbocycles. The lowest BCUT2D eigenvalue weighted by molar-refractivity contribution is -0.132. The normalized spacial score (nSPS) is 10.3. The smallest absolute Gasteiger partial charge is 0.243 e. The van der Waals surface area contributed by atoms with Gasteiger partial charge in [-0.25, -0.2) is 0 Å². The van der Waals surface area contributed by atoms with Crippen LogP contribution in [0.25, 0.3) is 0 Å². The number of nitrogens with zero attached hydrogens (tertiary/aromatic N) is 1. The third-order valence-electron chi connectivity index (χ3n) is 2.78. The Bertz CT molecular complexity index is 469. The number of hydrogen-bond acceptors (Lipinski definition) is 3. The van der Waals surface area contributed by atoms with Gasteiger partial charge in [0.25, 0.3) is 0 Å². The number of carbonyl (C=O) groups excluding carboxylic acids is 2. The summed E-state index contributed by atoms with van der Waals surface area (Å²) in [6.07, 6.45) is 0.942. The lowest BCUT2D eigenvalue weighted by Gasteiger charge is -2.19. The third-order valence-corrected chi connectivity index (χ3v) is 2.78. The Morgan fingerprint density at radius 2 is 1.86 bits per heavy atom. The third kappa shape index (κ3) is 6.29. The van der Waals surface area contributed by atoms with E-state index in [1.807, 2.05) is 32.9 Å². The van der Waals surface area contributed by atoms with Crippen molar-refractivity contribution in [2.75, 3.05) is 18.4 Å². The number of benzene rings is 1. The molecule has 0 bridgehead atoms. The first-order valence-corrected chi connectivity index (χ1v) is 7.24. The second-order valence-electron chi connectivity index (χ2n) is 5.18. The highest BCUT2D eigenvalue weighted by Crippen LogP contribution is 2.16. The SMILES string of the molecule is CCCN(CC(=O)Nc1ccc(OC(C)C)cc1)C(C)=O. The van der Waals surface area contributed by atoms with Gasteiger partial charge in [-0.1, -0.05) is 6.92 Å². The summed E-state index contributed by atoms with van der Waals surface area (Å²) in [6, 6.07) is 7.19. The molecule has 1 rings (SSSR count). The van der Waals surface area contributed by atoms with Crippen LogP contribution in [0.5, 0.6) is 5.75 Å². The van der Waals surface area contributed by atoms with Gasteiger partial charge in [-0.05, 0) is 44.5 Å². The van der Waals surface area contributed by atoms with Gasteiger partial charge in [0.15, 0.2) is 0 Å². The Hall–Kier alpha value is -2.04. The molecule has 0 saturated carbocycles. The molecule has 0 unspecified atom stereocenters. The Labute approximate surface area is 126 Å². The van der Waals surface area contributed by atoms with Crippen molar-refractivity contribution in [2.24, 2.45) is 0 Å². The molecular weight excluding hydrogens is 268 g/mol. The molecule has 1 N–H and O–H groups in total. The molecule has 0 heterocycles. The maximum Gasteiger partial charge on any atom is 0.243 e. The van der Waals surface area contributed by atoms with Crippen molar-refractivity contribution in [3.8, 4) is 5.75 Å². The Kier molecular flexibility index (Phi) is 6.72. The van der Waals surface area contributed by atoms with Crippen LogP contribution in [-0.2, 0) is 9.59 Å². The van der Waals surface area contributed by atoms with Gasteiger partial charge in [-0.2, -0.15) is 0 Å². The molecule has 0 fully saturated rings. The van der Waals surface area contributed by atoms with Crippen molar-refractivity contribution < 1.29 is 14.3 Å². The van der Waals surface area contributed by atoms with E-state index < -0.39 is 0 Å². The van der Waals surface area contributed by atoms with Gasteiger partial charge in [0.05, 0.1) is 12.6 Å². The van der Waals surface area contributed by atoms with Crippen molar-refractivity contribution in [2.45, 2.75) is 40.2 Å². The fourth-order valence-corrected chi connectivity index (χ4v) is 1.88. The first-order chi connectivity index (χ1) is 9.92. The van der Waals surface area contributed by atoms with E-state index in [1.165, 1.54) is 11.8 Å². The summed E-state index contributed by atoms with van der Waals surface area (Å²) in [5, 5.41) is 2.78. The number of nitrogens with one attached hydrogen (secondary N) is 1. The van der Waals surface area contributed by atoms with Crippen LogP contribution in [0.1, 0.15) is 34.1 Å². The summed E-state index contributed by atoms with van der Waals surface area (Å²) < 4.78 is 5.54. The van der Waals surface area contributed by atoms with E-state index >= 15 is 0 Å². The average Bonchev–Trinajstić information content (AvgIpc) is 2.40. The summed E-state index contributed by atoms with van der Waals surface area (Å²) in [4.78, 5) is 24.9. The lowest BCUT2D eigenvalue weighted by atomic mass is 10.3. The topological polar surface area (TPSA) is 58.6 Å². The fourth-order valence-electron chi connectivity index (χ4n) is 1.88. The predicted octanol–water partition coefficient (Wildman–Crippen LogP) is 2.67. The van der Waals surface area contributed by atoms with E-state index in [9.17, 15) is 9.59 Å². The van der Waals surface area contributed by atoms with Gasteiger partial charge >= 0.3 is 0 Å². The number of anilines is 1. The van der Waals surface area contributed by atoms with Gasteiger partial charge in [-0.15, -0.1) is 0 Å². The molecule has 1 aromatic carbocycles. The van der Waals surface area contributed by atoms with Crippen LogP contribution in [0.4, 0.5) is 5.69 Å². The molecular formula is C16H24N2O3. The van der Waals surface area contributed by atoms with Gasteiger partial charge in [0.2, 0.25) is 11.8 Å². The number of hydrogen-bond donors (Lipinski definition) is 1. The van der Waals surface area contributed by atoms with E-state index in [4.69, 9.17) is 4.74 Å². The molecule has 5 nitrogen and oxygen atoms in total. The minimum absolute atomic E-state index is 0.0768. The Balaban J connectivity index is 2.56. The molecule has 0 aromatic heterocycles. The van der Waals surface area contributed by atoms with Crippen molar-refractivity contribution in [1.82, 2.24) is 4.90 Å². The van der Waals surface area contributed by atoms with Crippen LogP contribution in [-0.4, -0.2) is 35.9 Å². The van der Waals surface area contributed by atoms with Gasteiger partial charge in [-0.3, -0.25) is 9.59 Å². The molecule has 1 aromatic rings. The molecule has 116 valence electrons. The van der Waals surface area contributed by atoms with Crippen molar-refractivity contribution in [3.05, 3.63) is 24.3 Å². The van der Waals surface area contributed by atoms with Crippen LogP contribution in [0, 0.1) is 0 Å². The molecule has 0 spiro atoms. The van der Waals surface area contributed by atoms with E-state index in [1.54, 1.807) is 12.1 Å². The monoisotopic (exact) mass is 292 g/mol. The average molecular weight is 292 g/mol. The summed E-state index contributed by atoms with van der Waals surface area (Å²) in [6.45, 7) is 8.03. The van der Waals surface area contributed by atoms with Crippen LogP contribution >= 0.6 is 0 Å². The van der Waals surface area contributed by atoms with E-state index in [0.717, 1.165) is 12.2 Å². The number of rotatable bonds is 7. The molecule has 0 aliphatic heterocycles. The zero-order valence-electron chi connectivity index (χ0n) is 13.2. The van der Waals surface area contributed by atoms with Crippen molar-refractivity contribution in [3.63, 3.8) is 0 Å². The van der Waals surface area contributed by atoms with Gasteiger partial charge in [0, 0.05) is 19.2 Å². The standard InChI is InChI=1S/C16H24N2O3/c1-5-10-18(13(4)19)11-16(20)17-14-6-8-15(9-7-14)21-12(2)3/h6-9,12H,5,10-11H2,1-4H3,(H,17,20). The second kappa shape index (κ2) is 8.29. The molecule has 0 saturated heterocycles. The van der Waals surface area contributed by atoms with E-state index in [-0.39, 0.29) is 24.5 Å². The molecule has 0 atom stereocenters. The van der Waals surface area contributed by atoms with E-state index in [0.29, 0.717) is 12.2 Å². The zero-order valence-corrected chi connectivity index (χ0v) is 13.2. The molecule has 5 heteroatoms. The summed E-state index contributed by atoms with van der Waals surface area (Å²) in [7, 11) is 0. The summed E-state index contributed by atoms with van der Waals surface area (Å²) in [5.74, 6) is 0.475. The first kappa shape index (κ1) is 17.0. The zero-order chi connectivity index (χ0) is 15.8. The summed E-state index contributed by atoms with van der Waals surface area (Å²) >= 11 is 0. The highest BCUT2D eigenvalue weighted by atomic mass is 16.5. The molecule has 0 aliphatic rings. The van der Waals surface area contributed by atoms with Crippen LogP contribution in [0.3, 0.4) is 0 Å². The molecule has 0 radical (unpaired) electrons. The minimum atomic E-state index is -0.198. The Morgan fingerprint density at radius 1 is 1.24 bits per heavy atom. The highest BCUT2D eigenvalue weighted by molar-refractivity contribution is 5.94. The van der Waals surface area contributed by atoms with Crippen molar-refractivity contribution in [1.29, 1.82) is 0 Å². The quantitative estimate of drug-likeness (QED) is 0.840. The lowest BCUT2D eigenvalue weighted by Crippen LogP contribution is -2.37. The van der Waals surface area contributed by atoms with Gasteiger partial charge in [0.1, 0.15) is 5.75 Å².